The zero-order valence-corrected chi connectivity index (χ0v) is 20.1. The lowest BCUT2D eigenvalue weighted by Crippen LogP contribution is -2.38. The smallest absolute Gasteiger partial charge is 0.191 e. The fraction of sp³-hybridized carbons (Fsp3) is 0.583. The number of rotatable bonds is 10. The molecule has 0 aliphatic carbocycles. The van der Waals surface area contributed by atoms with E-state index in [1.165, 1.54) is 50.9 Å². The molecule has 1 aliphatic rings. The Morgan fingerprint density at radius 2 is 1.94 bits per heavy atom. The Morgan fingerprint density at radius 1 is 1.16 bits per heavy atom. The van der Waals surface area contributed by atoms with Gasteiger partial charge in [0.2, 0.25) is 0 Å². The summed E-state index contributed by atoms with van der Waals surface area (Å²) < 4.78 is 0. The van der Waals surface area contributed by atoms with Crippen molar-refractivity contribution in [2.45, 2.75) is 38.6 Å². The number of thiazole rings is 1. The molecule has 2 N–H and O–H groups in total. The number of nitrogens with zero attached hydrogens (tertiary/aromatic N) is 4. The maximum atomic E-state index is 4.60. The van der Waals surface area contributed by atoms with Crippen molar-refractivity contribution in [2.24, 2.45) is 10.9 Å². The molecule has 2 heterocycles. The fourth-order valence-corrected chi connectivity index (χ4v) is 4.76. The van der Waals surface area contributed by atoms with Crippen molar-refractivity contribution in [3.05, 3.63) is 47.0 Å². The molecule has 0 amide bonds. The second-order valence-corrected chi connectivity index (χ2v) is 9.39. The number of nitrogens with one attached hydrogen (secondary N) is 2. The molecule has 1 aromatic carbocycles. The molecule has 3 rings (SSSR count). The number of unbranched alkanes of at least 4 members (excludes halogenated alkanes) is 1. The molecule has 1 aliphatic heterocycles. The molecule has 1 aromatic heterocycles. The zero-order valence-electron chi connectivity index (χ0n) is 19.3. The quantitative estimate of drug-likeness (QED) is 0.334. The Hall–Kier alpha value is -2.12. The van der Waals surface area contributed by atoms with Crippen molar-refractivity contribution in [1.29, 1.82) is 0 Å². The normalized spacial score (nSPS) is 15.8. The van der Waals surface area contributed by atoms with Crippen LogP contribution in [0.1, 0.15) is 36.9 Å². The molecule has 2 aromatic rings. The minimum absolute atomic E-state index is 0.696. The van der Waals surface area contributed by atoms with Gasteiger partial charge in [-0.3, -0.25) is 4.99 Å². The van der Waals surface area contributed by atoms with Crippen molar-refractivity contribution in [3.8, 4) is 0 Å². The van der Waals surface area contributed by atoms with Crippen LogP contribution in [0, 0.1) is 5.92 Å². The Labute approximate surface area is 191 Å². The Balaban J connectivity index is 1.24. The summed E-state index contributed by atoms with van der Waals surface area (Å²) in [6, 6.07) is 10.9. The van der Waals surface area contributed by atoms with Crippen LogP contribution in [-0.4, -0.2) is 63.2 Å². The zero-order chi connectivity index (χ0) is 21.9. The summed E-state index contributed by atoms with van der Waals surface area (Å²) in [7, 11) is 5.86. The van der Waals surface area contributed by atoms with Crippen LogP contribution in [0.15, 0.2) is 40.7 Å². The van der Waals surface area contributed by atoms with E-state index in [0.29, 0.717) is 6.54 Å². The van der Waals surface area contributed by atoms with Crippen molar-refractivity contribution in [1.82, 2.24) is 20.5 Å². The topological polar surface area (TPSA) is 55.8 Å². The SMILES string of the molecule is CN=C(NCCCCN1CCC(Cc2ccccc2)CC1)NCc1csc(N(C)C)n1. The highest BCUT2D eigenvalue weighted by molar-refractivity contribution is 7.13. The summed E-state index contributed by atoms with van der Waals surface area (Å²) in [4.78, 5) is 13.6. The lowest BCUT2D eigenvalue weighted by Gasteiger charge is -2.32. The molecular formula is C24H38N6S. The summed E-state index contributed by atoms with van der Waals surface area (Å²) in [5.74, 6) is 1.70. The first-order valence-corrected chi connectivity index (χ1v) is 12.3. The van der Waals surface area contributed by atoms with Gasteiger partial charge in [-0.25, -0.2) is 4.98 Å². The van der Waals surface area contributed by atoms with Gasteiger partial charge in [-0.1, -0.05) is 30.3 Å². The predicted octanol–water partition coefficient (Wildman–Crippen LogP) is 3.61. The summed E-state index contributed by atoms with van der Waals surface area (Å²) in [5, 5.41) is 9.91. The number of benzene rings is 1. The van der Waals surface area contributed by atoms with Crippen LogP contribution in [0.5, 0.6) is 0 Å². The van der Waals surface area contributed by atoms with Crippen LogP contribution in [0.2, 0.25) is 0 Å². The van der Waals surface area contributed by atoms with E-state index in [1.807, 2.05) is 26.0 Å². The Morgan fingerprint density at radius 3 is 2.61 bits per heavy atom. The molecule has 0 spiro atoms. The van der Waals surface area contributed by atoms with Gasteiger partial charge in [0.15, 0.2) is 11.1 Å². The molecule has 0 bridgehead atoms. The minimum Gasteiger partial charge on any atom is -0.356 e. The molecule has 0 radical (unpaired) electrons. The number of aliphatic imine (C=N–C) groups is 1. The molecule has 7 heteroatoms. The first-order valence-electron chi connectivity index (χ1n) is 11.5. The first-order chi connectivity index (χ1) is 15.1. The van der Waals surface area contributed by atoms with Gasteiger partial charge in [-0.15, -0.1) is 11.3 Å². The van der Waals surface area contributed by atoms with E-state index in [9.17, 15) is 0 Å². The number of hydrogen-bond donors (Lipinski definition) is 2. The highest BCUT2D eigenvalue weighted by Gasteiger charge is 2.18. The second-order valence-electron chi connectivity index (χ2n) is 8.55. The molecule has 6 nitrogen and oxygen atoms in total. The summed E-state index contributed by atoms with van der Waals surface area (Å²) >= 11 is 1.66. The van der Waals surface area contributed by atoms with Gasteiger partial charge in [-0.05, 0) is 63.2 Å². The van der Waals surface area contributed by atoms with Crippen LogP contribution in [-0.2, 0) is 13.0 Å². The second kappa shape index (κ2) is 12.7. The van der Waals surface area contributed by atoms with E-state index >= 15 is 0 Å². The van der Waals surface area contributed by atoms with Crippen LogP contribution in [0.4, 0.5) is 5.13 Å². The summed E-state index contributed by atoms with van der Waals surface area (Å²) in [5.41, 5.74) is 2.54. The summed E-state index contributed by atoms with van der Waals surface area (Å²) in [6.07, 6.45) is 6.28. The van der Waals surface area contributed by atoms with Gasteiger partial charge in [0.25, 0.3) is 0 Å². The molecular weight excluding hydrogens is 404 g/mol. The van der Waals surface area contributed by atoms with Gasteiger partial charge in [-0.2, -0.15) is 0 Å². The van der Waals surface area contributed by atoms with Gasteiger partial charge in [0.05, 0.1) is 12.2 Å². The lowest BCUT2D eigenvalue weighted by atomic mass is 9.90. The lowest BCUT2D eigenvalue weighted by molar-refractivity contribution is 0.181. The Kier molecular flexibility index (Phi) is 9.62. The molecule has 0 atom stereocenters. The number of piperidine rings is 1. The standard InChI is InChI=1S/C24H38N6S/c1-25-23(27-18-22-19-31-24(28-22)29(2)3)26-13-7-8-14-30-15-11-21(12-16-30)17-20-9-5-4-6-10-20/h4-6,9-10,19,21H,7-8,11-18H2,1-3H3,(H2,25,26,27). The van der Waals surface area contributed by atoms with Crippen molar-refractivity contribution in [3.63, 3.8) is 0 Å². The highest BCUT2D eigenvalue weighted by Crippen LogP contribution is 2.22. The van der Waals surface area contributed by atoms with Crippen LogP contribution >= 0.6 is 11.3 Å². The van der Waals surface area contributed by atoms with Crippen molar-refractivity contribution < 1.29 is 0 Å². The third-order valence-electron chi connectivity index (χ3n) is 5.85. The van der Waals surface area contributed by atoms with Gasteiger partial charge in [0.1, 0.15) is 0 Å². The number of hydrogen-bond acceptors (Lipinski definition) is 5. The van der Waals surface area contributed by atoms with E-state index in [2.05, 4.69) is 61.2 Å². The average Bonchev–Trinajstić information content (AvgIpc) is 3.27. The molecule has 1 fully saturated rings. The van der Waals surface area contributed by atoms with E-state index < -0.39 is 0 Å². The molecule has 0 unspecified atom stereocenters. The summed E-state index contributed by atoms with van der Waals surface area (Å²) in [6.45, 7) is 5.34. The largest absolute Gasteiger partial charge is 0.356 e. The number of guanidine groups is 1. The number of aromatic nitrogens is 1. The fourth-order valence-electron chi connectivity index (χ4n) is 4.01. The Bertz CT molecular complexity index is 780. The maximum Gasteiger partial charge on any atom is 0.191 e. The predicted molar refractivity (Wildman–Crippen MR) is 133 cm³/mol. The third-order valence-corrected chi connectivity index (χ3v) is 6.91. The van der Waals surface area contributed by atoms with Gasteiger partial charge < -0.3 is 20.4 Å². The number of likely N-dealkylation sites (tertiary alicyclic amines) is 1. The average molecular weight is 443 g/mol. The van der Waals surface area contributed by atoms with Crippen molar-refractivity contribution in [2.75, 3.05) is 52.2 Å². The maximum absolute atomic E-state index is 4.60. The first kappa shape index (κ1) is 23.5. The van der Waals surface area contributed by atoms with E-state index in [0.717, 1.165) is 35.7 Å². The van der Waals surface area contributed by atoms with E-state index in [-0.39, 0.29) is 0 Å². The van der Waals surface area contributed by atoms with E-state index in [1.54, 1.807) is 11.3 Å². The van der Waals surface area contributed by atoms with Crippen LogP contribution in [0.25, 0.3) is 0 Å². The van der Waals surface area contributed by atoms with Gasteiger partial charge in [0, 0.05) is 33.1 Å². The van der Waals surface area contributed by atoms with Gasteiger partial charge >= 0.3 is 0 Å². The molecule has 0 saturated carbocycles. The number of anilines is 1. The van der Waals surface area contributed by atoms with Crippen LogP contribution < -0.4 is 15.5 Å². The monoisotopic (exact) mass is 442 g/mol. The minimum atomic E-state index is 0.696. The highest BCUT2D eigenvalue weighted by atomic mass is 32.1. The molecule has 1 saturated heterocycles. The molecule has 31 heavy (non-hydrogen) atoms. The molecule has 170 valence electrons. The third kappa shape index (κ3) is 8.15. The van der Waals surface area contributed by atoms with E-state index in [4.69, 9.17) is 0 Å². The van der Waals surface area contributed by atoms with Crippen molar-refractivity contribution >= 4 is 22.4 Å². The van der Waals surface area contributed by atoms with Crippen LogP contribution in [0.3, 0.4) is 0 Å².